The van der Waals surface area contributed by atoms with Crippen molar-refractivity contribution in [1.29, 1.82) is 0 Å². The van der Waals surface area contributed by atoms with Gasteiger partial charge in [-0.2, -0.15) is 0 Å². The predicted molar refractivity (Wildman–Crippen MR) is 73.9 cm³/mol. The fourth-order valence-electron chi connectivity index (χ4n) is 1.18. The molecule has 0 amide bonds. The molecule has 0 radical (unpaired) electrons. The number of carboxylic acids is 1. The lowest BCUT2D eigenvalue weighted by Gasteiger charge is -2.03. The summed E-state index contributed by atoms with van der Waals surface area (Å²) in [5.74, 6) is -0.452. The van der Waals surface area contributed by atoms with Gasteiger partial charge in [0.15, 0.2) is 3.77 Å². The van der Waals surface area contributed by atoms with Gasteiger partial charge in [0.1, 0.15) is 5.76 Å². The molecule has 0 saturated heterocycles. The summed E-state index contributed by atoms with van der Waals surface area (Å²) in [4.78, 5) is 11.0. The van der Waals surface area contributed by atoms with E-state index in [1.807, 2.05) is 29.5 Å². The van der Waals surface area contributed by atoms with E-state index in [4.69, 9.17) is 8.83 Å². The predicted octanol–water partition coefficient (Wildman–Crippen LogP) is 1.71. The summed E-state index contributed by atoms with van der Waals surface area (Å²) in [6, 6.07) is 3.39. The van der Waals surface area contributed by atoms with Gasteiger partial charge < -0.3 is 18.7 Å². The minimum Gasteiger partial charge on any atom is -0.544 e. The maximum atomic E-state index is 11.1. The summed E-state index contributed by atoms with van der Waals surface area (Å²) >= 11 is 2.82. The summed E-state index contributed by atoms with van der Waals surface area (Å²) in [6.07, 6.45) is 1.95. The first kappa shape index (κ1) is 14.1. The van der Waals surface area contributed by atoms with Crippen LogP contribution in [-0.2, 0) is 11.2 Å². The molecule has 0 fully saturated rings. The molecule has 8 heteroatoms. The summed E-state index contributed by atoms with van der Waals surface area (Å²) in [6.45, 7) is 1.86. The van der Waals surface area contributed by atoms with Crippen molar-refractivity contribution in [3.05, 3.63) is 32.5 Å². The molecule has 2 heterocycles. The topological polar surface area (TPSA) is 92.2 Å². The molecule has 0 atom stereocenters. The highest BCUT2D eigenvalue weighted by atomic mass is 127. The molecule has 0 aliphatic heterocycles. The Morgan fingerprint density at radius 1 is 1.47 bits per heavy atom. The van der Waals surface area contributed by atoms with Gasteiger partial charge in [0.25, 0.3) is 5.22 Å². The summed E-state index contributed by atoms with van der Waals surface area (Å²) < 4.78 is 11.2. The van der Waals surface area contributed by atoms with Gasteiger partial charge in [0.05, 0.1) is 5.97 Å². The number of aryl methyl sites for hydroxylation is 1. The maximum absolute atomic E-state index is 11.1. The monoisotopic (exact) mass is 391 g/mol. The molecular formula is C11H8IN2O4S-. The van der Waals surface area contributed by atoms with E-state index in [9.17, 15) is 9.90 Å². The number of rotatable bonds is 5. The Morgan fingerprint density at radius 3 is 2.79 bits per heavy atom. The van der Waals surface area contributed by atoms with Crippen molar-refractivity contribution in [3.63, 3.8) is 0 Å². The zero-order valence-electron chi connectivity index (χ0n) is 9.75. The molecule has 0 aliphatic carbocycles. The third-order valence-electron chi connectivity index (χ3n) is 2.02. The van der Waals surface area contributed by atoms with E-state index in [1.165, 1.54) is 6.08 Å². The van der Waals surface area contributed by atoms with Crippen LogP contribution in [0.3, 0.4) is 0 Å². The average Bonchev–Trinajstić information content (AvgIpc) is 2.97. The first-order valence-electron chi connectivity index (χ1n) is 5.27. The lowest BCUT2D eigenvalue weighted by atomic mass is 10.4. The van der Waals surface area contributed by atoms with Gasteiger partial charge in [0, 0.05) is 11.3 Å². The molecule has 0 unspecified atom stereocenters. The Balaban J connectivity index is 2.21. The van der Waals surface area contributed by atoms with Crippen molar-refractivity contribution >= 4 is 46.4 Å². The smallest absolute Gasteiger partial charge is 0.281 e. The molecule has 19 heavy (non-hydrogen) atoms. The third-order valence-corrected chi connectivity index (χ3v) is 3.44. The quantitative estimate of drug-likeness (QED) is 0.435. The SMILES string of the molecule is CCc1nnc(S/C(=C/c2ccc(I)o2)C(=O)[O-])o1. The number of aromatic nitrogens is 2. The number of halogens is 1. The van der Waals surface area contributed by atoms with Crippen LogP contribution < -0.4 is 5.11 Å². The van der Waals surface area contributed by atoms with Crippen LogP contribution in [0.4, 0.5) is 0 Å². The number of thioether (sulfide) groups is 1. The number of hydrogen-bond acceptors (Lipinski definition) is 7. The summed E-state index contributed by atoms with van der Waals surface area (Å²) in [7, 11) is 0. The summed E-state index contributed by atoms with van der Waals surface area (Å²) in [5, 5.41) is 18.7. The van der Waals surface area contributed by atoms with Crippen molar-refractivity contribution in [2.75, 3.05) is 0 Å². The van der Waals surface area contributed by atoms with Gasteiger partial charge in [-0.3, -0.25) is 0 Å². The lowest BCUT2D eigenvalue weighted by molar-refractivity contribution is -0.298. The fourth-order valence-corrected chi connectivity index (χ4v) is 2.28. The second-order valence-electron chi connectivity index (χ2n) is 3.36. The standard InChI is InChI=1S/C11H9IN2O4S/c1-2-9-13-14-11(18-9)19-7(10(15)16)5-6-3-4-8(12)17-6/h3-5H,2H2,1H3,(H,15,16)/p-1/b7-5+. The highest BCUT2D eigenvalue weighted by Gasteiger charge is 2.10. The Bertz CT molecular complexity index is 620. The molecule has 0 spiro atoms. The van der Waals surface area contributed by atoms with Gasteiger partial charge in [-0.1, -0.05) is 6.92 Å². The number of nitrogens with zero attached hydrogens (tertiary/aromatic N) is 2. The Labute approximate surface area is 126 Å². The number of furan rings is 1. The van der Waals surface area contributed by atoms with E-state index < -0.39 is 5.97 Å². The fraction of sp³-hybridized carbons (Fsp3) is 0.182. The van der Waals surface area contributed by atoms with Crippen LogP contribution in [-0.4, -0.2) is 16.2 Å². The molecular weight excluding hydrogens is 383 g/mol. The van der Waals surface area contributed by atoms with E-state index in [0.29, 0.717) is 21.8 Å². The van der Waals surface area contributed by atoms with E-state index in [1.54, 1.807) is 12.1 Å². The van der Waals surface area contributed by atoms with Gasteiger partial charge >= 0.3 is 0 Å². The normalized spacial score (nSPS) is 11.8. The molecule has 0 bridgehead atoms. The van der Waals surface area contributed by atoms with Crippen LogP contribution in [0.1, 0.15) is 18.6 Å². The molecule has 0 aliphatic rings. The van der Waals surface area contributed by atoms with Crippen molar-refractivity contribution in [3.8, 4) is 0 Å². The molecule has 100 valence electrons. The zero-order chi connectivity index (χ0) is 13.8. The number of aliphatic carboxylic acids is 1. The number of carboxylic acid groups (broad SMARTS) is 1. The minimum absolute atomic E-state index is 0.0583. The largest absolute Gasteiger partial charge is 0.544 e. The van der Waals surface area contributed by atoms with Gasteiger partial charge in [0.2, 0.25) is 5.89 Å². The Hall–Kier alpha value is -1.29. The van der Waals surface area contributed by atoms with E-state index in [0.717, 1.165) is 11.8 Å². The van der Waals surface area contributed by atoms with E-state index >= 15 is 0 Å². The number of carbonyl (C=O) groups is 1. The average molecular weight is 391 g/mol. The van der Waals surface area contributed by atoms with E-state index in [-0.39, 0.29) is 10.1 Å². The van der Waals surface area contributed by atoms with E-state index in [2.05, 4.69) is 10.2 Å². The highest BCUT2D eigenvalue weighted by Crippen LogP contribution is 2.27. The van der Waals surface area contributed by atoms with Gasteiger partial charge in [-0.25, -0.2) is 0 Å². The van der Waals surface area contributed by atoms with Crippen molar-refractivity contribution in [2.45, 2.75) is 18.6 Å². The molecule has 0 aromatic carbocycles. The molecule has 0 saturated carbocycles. The second kappa shape index (κ2) is 6.24. The van der Waals surface area contributed by atoms with Crippen LogP contribution in [0.15, 0.2) is 31.1 Å². The van der Waals surface area contributed by atoms with Crippen molar-refractivity contribution in [2.24, 2.45) is 0 Å². The Morgan fingerprint density at radius 2 is 2.26 bits per heavy atom. The van der Waals surface area contributed by atoms with Crippen LogP contribution in [0.5, 0.6) is 0 Å². The van der Waals surface area contributed by atoms with Crippen molar-refractivity contribution in [1.82, 2.24) is 10.2 Å². The van der Waals surface area contributed by atoms with Gasteiger partial charge in [-0.05, 0) is 52.6 Å². The maximum Gasteiger partial charge on any atom is 0.281 e. The van der Waals surface area contributed by atoms with Crippen LogP contribution >= 0.6 is 34.4 Å². The Kier molecular flexibility index (Phi) is 4.64. The molecule has 0 N–H and O–H groups in total. The summed E-state index contributed by atoms with van der Waals surface area (Å²) in [5.41, 5.74) is 0. The first-order valence-corrected chi connectivity index (χ1v) is 7.16. The lowest BCUT2D eigenvalue weighted by Crippen LogP contribution is -2.22. The van der Waals surface area contributed by atoms with Crippen molar-refractivity contribution < 1.29 is 18.7 Å². The molecule has 2 aromatic rings. The van der Waals surface area contributed by atoms with Gasteiger partial charge in [-0.15, -0.1) is 10.2 Å². The molecule has 6 nitrogen and oxygen atoms in total. The molecule has 2 rings (SSSR count). The number of hydrogen-bond donors (Lipinski definition) is 0. The van der Waals surface area contributed by atoms with Crippen LogP contribution in [0.2, 0.25) is 0 Å². The molecule has 2 aromatic heterocycles. The minimum atomic E-state index is -1.33. The number of carbonyl (C=O) groups excluding carboxylic acids is 1. The highest BCUT2D eigenvalue weighted by molar-refractivity contribution is 14.1. The zero-order valence-corrected chi connectivity index (χ0v) is 12.7. The van der Waals surface area contributed by atoms with Crippen LogP contribution in [0.25, 0.3) is 6.08 Å². The third kappa shape index (κ3) is 3.83. The van der Waals surface area contributed by atoms with Crippen LogP contribution in [0, 0.1) is 3.77 Å². The second-order valence-corrected chi connectivity index (χ2v) is 5.41. The first-order chi connectivity index (χ1) is 9.08.